The minimum Gasteiger partial charge on any atom is -0.467 e. The molecule has 0 bridgehead atoms. The molecule has 0 saturated heterocycles. The van der Waals surface area contributed by atoms with Crippen molar-refractivity contribution in [3.8, 4) is 0 Å². The number of anilines is 1. The van der Waals surface area contributed by atoms with Gasteiger partial charge >= 0.3 is 0 Å². The fourth-order valence-corrected chi connectivity index (χ4v) is 5.63. The summed E-state index contributed by atoms with van der Waals surface area (Å²) < 4.78 is 5.67. The summed E-state index contributed by atoms with van der Waals surface area (Å²) in [6, 6.07) is 11.6. The third-order valence-electron chi connectivity index (χ3n) is 7.78. The lowest BCUT2D eigenvalue weighted by Gasteiger charge is -2.45. The molecule has 1 aromatic carbocycles. The number of amides is 2. The number of furan rings is 1. The Morgan fingerprint density at radius 3 is 2.35 bits per heavy atom. The van der Waals surface area contributed by atoms with E-state index >= 15 is 0 Å². The van der Waals surface area contributed by atoms with Crippen molar-refractivity contribution in [1.29, 1.82) is 0 Å². The van der Waals surface area contributed by atoms with Crippen LogP contribution in [0.3, 0.4) is 0 Å². The standard InChI is InChI=1S/C29H38N2O3/c1-20(2)18-24-25(28(24,4)5)26(32)31(19-23-10-9-17-34-23)29(15-7-6-8-16-29)27(33)30-22-13-11-21(3)12-14-22/h9-14,17-18,24-25H,6-8,15-16,19H2,1-5H3,(H,30,33)/t24-,25-/m0/s1. The van der Waals surface area contributed by atoms with Crippen LogP contribution in [0.4, 0.5) is 5.69 Å². The average Bonchev–Trinajstić information content (AvgIpc) is 3.13. The number of hydrogen-bond donors (Lipinski definition) is 1. The Balaban J connectivity index is 1.70. The molecule has 1 heterocycles. The Morgan fingerprint density at radius 2 is 1.76 bits per heavy atom. The zero-order chi connectivity index (χ0) is 24.5. The van der Waals surface area contributed by atoms with Crippen LogP contribution in [0.15, 0.2) is 58.7 Å². The van der Waals surface area contributed by atoms with E-state index in [-0.39, 0.29) is 29.1 Å². The summed E-state index contributed by atoms with van der Waals surface area (Å²) in [5.74, 6) is 0.727. The third-order valence-corrected chi connectivity index (χ3v) is 7.78. The molecule has 2 aromatic rings. The number of nitrogens with one attached hydrogen (secondary N) is 1. The van der Waals surface area contributed by atoms with Crippen molar-refractivity contribution in [2.75, 3.05) is 5.32 Å². The molecule has 2 aliphatic carbocycles. The van der Waals surface area contributed by atoms with Crippen LogP contribution in [0.2, 0.25) is 0 Å². The van der Waals surface area contributed by atoms with Crippen molar-refractivity contribution < 1.29 is 14.0 Å². The van der Waals surface area contributed by atoms with E-state index in [0.29, 0.717) is 25.1 Å². The van der Waals surface area contributed by atoms with Crippen LogP contribution >= 0.6 is 0 Å². The van der Waals surface area contributed by atoms with Crippen molar-refractivity contribution in [2.24, 2.45) is 17.3 Å². The lowest BCUT2D eigenvalue weighted by Crippen LogP contribution is -2.60. The number of rotatable bonds is 7. The lowest BCUT2D eigenvalue weighted by molar-refractivity contribution is -0.151. The van der Waals surface area contributed by atoms with E-state index in [1.54, 1.807) is 6.26 Å². The highest BCUT2D eigenvalue weighted by molar-refractivity contribution is 6.01. The maximum Gasteiger partial charge on any atom is 0.250 e. The molecule has 2 atom stereocenters. The van der Waals surface area contributed by atoms with Gasteiger partial charge < -0.3 is 14.6 Å². The van der Waals surface area contributed by atoms with Crippen LogP contribution in [0.25, 0.3) is 0 Å². The monoisotopic (exact) mass is 462 g/mol. The molecule has 5 nitrogen and oxygen atoms in total. The summed E-state index contributed by atoms with van der Waals surface area (Å²) in [7, 11) is 0. The van der Waals surface area contributed by atoms with E-state index in [0.717, 1.165) is 30.5 Å². The predicted octanol–water partition coefficient (Wildman–Crippen LogP) is 6.50. The van der Waals surface area contributed by atoms with Crippen molar-refractivity contribution >= 4 is 17.5 Å². The van der Waals surface area contributed by atoms with Gasteiger partial charge in [0.2, 0.25) is 11.8 Å². The maximum absolute atomic E-state index is 14.2. The van der Waals surface area contributed by atoms with E-state index < -0.39 is 5.54 Å². The van der Waals surface area contributed by atoms with E-state index in [2.05, 4.69) is 39.1 Å². The van der Waals surface area contributed by atoms with Gasteiger partial charge in [0.15, 0.2) is 0 Å². The van der Waals surface area contributed by atoms with Gasteiger partial charge in [-0.2, -0.15) is 0 Å². The molecular formula is C29H38N2O3. The second-order valence-electron chi connectivity index (χ2n) is 11.0. The Labute approximate surface area is 203 Å². The number of nitrogens with zero attached hydrogens (tertiary/aromatic N) is 1. The molecule has 5 heteroatoms. The van der Waals surface area contributed by atoms with Gasteiger partial charge in [-0.15, -0.1) is 0 Å². The van der Waals surface area contributed by atoms with E-state index in [4.69, 9.17) is 4.42 Å². The van der Waals surface area contributed by atoms with Gasteiger partial charge in [0.1, 0.15) is 11.3 Å². The van der Waals surface area contributed by atoms with Gasteiger partial charge in [-0.25, -0.2) is 0 Å². The van der Waals surface area contributed by atoms with Crippen molar-refractivity contribution in [2.45, 2.75) is 78.8 Å². The molecule has 2 amide bonds. The number of carbonyl (C=O) groups is 2. The second-order valence-corrected chi connectivity index (χ2v) is 11.0. The summed E-state index contributed by atoms with van der Waals surface area (Å²) >= 11 is 0. The number of benzene rings is 1. The smallest absolute Gasteiger partial charge is 0.250 e. The molecule has 1 N–H and O–H groups in total. The van der Waals surface area contributed by atoms with Gasteiger partial charge in [0, 0.05) is 5.69 Å². The first-order valence-corrected chi connectivity index (χ1v) is 12.5. The zero-order valence-corrected chi connectivity index (χ0v) is 21.2. The van der Waals surface area contributed by atoms with Crippen LogP contribution in [0.5, 0.6) is 0 Å². The molecule has 2 fully saturated rings. The van der Waals surface area contributed by atoms with E-state index in [1.165, 1.54) is 5.57 Å². The summed E-state index contributed by atoms with van der Waals surface area (Å²) in [5, 5.41) is 3.14. The molecule has 2 saturated carbocycles. The highest BCUT2D eigenvalue weighted by Crippen LogP contribution is 2.60. The Kier molecular flexibility index (Phi) is 6.75. The molecule has 182 valence electrons. The average molecular weight is 463 g/mol. The Bertz CT molecular complexity index is 1040. The number of allylic oxidation sites excluding steroid dienone is 2. The zero-order valence-electron chi connectivity index (χ0n) is 21.2. The normalized spacial score (nSPS) is 22.5. The topological polar surface area (TPSA) is 62.6 Å². The van der Waals surface area contributed by atoms with Crippen LogP contribution in [-0.2, 0) is 16.1 Å². The fourth-order valence-electron chi connectivity index (χ4n) is 5.63. The molecule has 1 aromatic heterocycles. The highest BCUT2D eigenvalue weighted by atomic mass is 16.3. The molecular weight excluding hydrogens is 424 g/mol. The van der Waals surface area contributed by atoms with E-state index in [1.807, 2.05) is 48.2 Å². The number of aryl methyl sites for hydroxylation is 1. The van der Waals surface area contributed by atoms with Gasteiger partial charge in [0.05, 0.1) is 18.7 Å². The fraction of sp³-hybridized carbons (Fsp3) is 0.517. The first-order chi connectivity index (χ1) is 16.1. The Morgan fingerprint density at radius 1 is 1.09 bits per heavy atom. The molecule has 0 unspecified atom stereocenters. The largest absolute Gasteiger partial charge is 0.467 e. The van der Waals surface area contributed by atoms with Gasteiger partial charge in [0.25, 0.3) is 0 Å². The van der Waals surface area contributed by atoms with Crippen molar-refractivity contribution in [3.05, 3.63) is 65.6 Å². The van der Waals surface area contributed by atoms with Crippen LogP contribution in [-0.4, -0.2) is 22.3 Å². The van der Waals surface area contributed by atoms with Gasteiger partial charge in [-0.3, -0.25) is 9.59 Å². The molecule has 2 aliphatic rings. The minimum absolute atomic E-state index is 0.0601. The third kappa shape index (κ3) is 4.70. The first kappa shape index (κ1) is 24.3. The second kappa shape index (κ2) is 9.44. The van der Waals surface area contributed by atoms with Crippen LogP contribution in [0.1, 0.15) is 71.1 Å². The first-order valence-electron chi connectivity index (χ1n) is 12.5. The highest BCUT2D eigenvalue weighted by Gasteiger charge is 2.63. The molecule has 4 rings (SSSR count). The van der Waals surface area contributed by atoms with Gasteiger partial charge in [-0.1, -0.05) is 62.5 Å². The quantitative estimate of drug-likeness (QED) is 0.478. The van der Waals surface area contributed by atoms with Crippen LogP contribution in [0, 0.1) is 24.2 Å². The number of carbonyl (C=O) groups excluding carboxylic acids is 2. The summed E-state index contributed by atoms with van der Waals surface area (Å²) in [5.41, 5.74) is 2.11. The predicted molar refractivity (Wildman–Crippen MR) is 135 cm³/mol. The maximum atomic E-state index is 14.2. The van der Waals surface area contributed by atoms with E-state index in [9.17, 15) is 9.59 Å². The van der Waals surface area contributed by atoms with Crippen molar-refractivity contribution in [3.63, 3.8) is 0 Å². The molecule has 0 aliphatic heterocycles. The SMILES string of the molecule is CC(C)=C[C@H]1[C@@H](C(=O)N(Cc2ccco2)C2(C(=O)Nc3ccc(C)cc3)CCCCC2)C1(C)C. The summed E-state index contributed by atoms with van der Waals surface area (Å²) in [4.78, 5) is 30.0. The lowest BCUT2D eigenvalue weighted by atomic mass is 9.78. The summed E-state index contributed by atoms with van der Waals surface area (Å²) in [6.07, 6.45) is 8.11. The Hall–Kier alpha value is -2.82. The molecule has 0 spiro atoms. The minimum atomic E-state index is -0.888. The van der Waals surface area contributed by atoms with Gasteiger partial charge in [-0.05, 0) is 69.2 Å². The number of hydrogen-bond acceptors (Lipinski definition) is 3. The van der Waals surface area contributed by atoms with Crippen LogP contribution < -0.4 is 5.32 Å². The van der Waals surface area contributed by atoms with Crippen molar-refractivity contribution in [1.82, 2.24) is 4.90 Å². The summed E-state index contributed by atoms with van der Waals surface area (Å²) in [6.45, 7) is 10.8. The molecule has 34 heavy (non-hydrogen) atoms. The molecule has 0 radical (unpaired) electrons.